The van der Waals surface area contributed by atoms with Gasteiger partial charge in [0.2, 0.25) is 0 Å². The van der Waals surface area contributed by atoms with Gasteiger partial charge >= 0.3 is 0 Å². The van der Waals surface area contributed by atoms with Crippen LogP contribution >= 0.6 is 0 Å². The van der Waals surface area contributed by atoms with Crippen LogP contribution in [0.1, 0.15) is 22.3 Å². The zero-order valence-electron chi connectivity index (χ0n) is 15.0. The molecule has 4 heteroatoms. The van der Waals surface area contributed by atoms with Crippen molar-refractivity contribution >= 4 is 0 Å². The van der Waals surface area contributed by atoms with E-state index in [4.69, 9.17) is 9.47 Å². The van der Waals surface area contributed by atoms with Crippen LogP contribution in [0.4, 0.5) is 0 Å². The molecule has 0 aliphatic heterocycles. The topological polar surface area (TPSA) is 41.9 Å². The molecule has 0 aromatic heterocycles. The first-order valence-electron chi connectivity index (χ1n) is 8.18. The molecular weight excluding hydrogens is 302 g/mol. The molecule has 2 aromatic carbocycles. The van der Waals surface area contributed by atoms with Crippen molar-refractivity contribution in [2.24, 2.45) is 0 Å². The lowest BCUT2D eigenvalue weighted by Gasteiger charge is -2.18. The quantitative estimate of drug-likeness (QED) is 0.807. The predicted octanol–water partition coefficient (Wildman–Crippen LogP) is 3.32. The van der Waals surface area contributed by atoms with Gasteiger partial charge < -0.3 is 14.6 Å². The molecule has 2 aromatic rings. The van der Waals surface area contributed by atoms with Gasteiger partial charge in [-0.15, -0.1) is 0 Å². The Kier molecular flexibility index (Phi) is 6.64. The zero-order chi connectivity index (χ0) is 17.5. The molecule has 0 unspecified atom stereocenters. The number of likely N-dealkylation sites (N-methyl/N-ethyl adjacent to an activating group) is 1. The van der Waals surface area contributed by atoms with Crippen LogP contribution in [0, 0.1) is 13.8 Å². The number of aliphatic hydroxyl groups excluding tert-OH is 1. The lowest BCUT2D eigenvalue weighted by Crippen LogP contribution is -2.24. The van der Waals surface area contributed by atoms with E-state index in [2.05, 4.69) is 44.0 Å². The summed E-state index contributed by atoms with van der Waals surface area (Å²) in [6, 6.07) is 12.2. The van der Waals surface area contributed by atoms with E-state index >= 15 is 0 Å². The normalized spacial score (nSPS) is 10.9. The molecule has 0 bridgehead atoms. The fraction of sp³-hybridized carbons (Fsp3) is 0.400. The molecule has 0 heterocycles. The highest BCUT2D eigenvalue weighted by Gasteiger charge is 2.06. The third kappa shape index (κ3) is 5.25. The van der Waals surface area contributed by atoms with Gasteiger partial charge in [-0.2, -0.15) is 0 Å². The Bertz CT molecular complexity index is 650. The number of methoxy groups -OCH3 is 1. The van der Waals surface area contributed by atoms with Crippen molar-refractivity contribution < 1.29 is 14.6 Å². The van der Waals surface area contributed by atoms with Gasteiger partial charge in [-0.1, -0.05) is 12.1 Å². The van der Waals surface area contributed by atoms with E-state index < -0.39 is 0 Å². The van der Waals surface area contributed by atoms with Gasteiger partial charge in [-0.25, -0.2) is 0 Å². The summed E-state index contributed by atoms with van der Waals surface area (Å²) in [6.07, 6.45) is 0. The minimum absolute atomic E-state index is 0.0173. The number of nitrogens with zero attached hydrogens (tertiary/aromatic N) is 1. The van der Waals surface area contributed by atoms with Crippen molar-refractivity contribution in [2.45, 2.75) is 27.0 Å². The smallest absolute Gasteiger partial charge is 0.124 e. The van der Waals surface area contributed by atoms with E-state index in [0.717, 1.165) is 35.7 Å². The van der Waals surface area contributed by atoms with Crippen molar-refractivity contribution in [2.75, 3.05) is 27.3 Å². The summed E-state index contributed by atoms with van der Waals surface area (Å²) in [6.45, 7) is 6.41. The second kappa shape index (κ2) is 8.71. The molecule has 4 nitrogen and oxygen atoms in total. The molecule has 24 heavy (non-hydrogen) atoms. The van der Waals surface area contributed by atoms with Crippen LogP contribution in [0.25, 0.3) is 0 Å². The molecule has 0 radical (unpaired) electrons. The molecule has 0 saturated heterocycles. The highest BCUT2D eigenvalue weighted by molar-refractivity contribution is 5.37. The number of aliphatic hydroxyl groups is 1. The monoisotopic (exact) mass is 329 g/mol. The van der Waals surface area contributed by atoms with Crippen molar-refractivity contribution in [1.82, 2.24) is 4.90 Å². The largest absolute Gasteiger partial charge is 0.496 e. The van der Waals surface area contributed by atoms with Crippen LogP contribution in [0.2, 0.25) is 0 Å². The first-order chi connectivity index (χ1) is 11.5. The highest BCUT2D eigenvalue weighted by atomic mass is 16.5. The summed E-state index contributed by atoms with van der Waals surface area (Å²) in [5, 5.41) is 9.41. The zero-order valence-corrected chi connectivity index (χ0v) is 15.0. The third-order valence-corrected chi connectivity index (χ3v) is 3.90. The first-order valence-corrected chi connectivity index (χ1v) is 8.18. The maximum absolute atomic E-state index is 9.41. The van der Waals surface area contributed by atoms with Crippen molar-refractivity contribution in [3.05, 3.63) is 58.7 Å². The van der Waals surface area contributed by atoms with Gasteiger partial charge in [0, 0.05) is 18.7 Å². The van der Waals surface area contributed by atoms with Crippen LogP contribution in [0.15, 0.2) is 36.4 Å². The predicted molar refractivity (Wildman–Crippen MR) is 96.7 cm³/mol. The Labute approximate surface area is 144 Å². The van der Waals surface area contributed by atoms with Crippen molar-refractivity contribution in [1.29, 1.82) is 0 Å². The highest BCUT2D eigenvalue weighted by Crippen LogP contribution is 2.20. The van der Waals surface area contributed by atoms with E-state index in [9.17, 15) is 5.11 Å². The fourth-order valence-electron chi connectivity index (χ4n) is 2.78. The molecule has 130 valence electrons. The summed E-state index contributed by atoms with van der Waals surface area (Å²) in [7, 11) is 3.68. The molecule has 2 rings (SSSR count). The van der Waals surface area contributed by atoms with Gasteiger partial charge in [-0.05, 0) is 61.9 Å². The average molecular weight is 329 g/mol. The van der Waals surface area contributed by atoms with E-state index in [-0.39, 0.29) is 6.61 Å². The third-order valence-electron chi connectivity index (χ3n) is 3.90. The van der Waals surface area contributed by atoms with E-state index in [1.165, 1.54) is 11.1 Å². The SMILES string of the molecule is COc1ccc(CN(C)CCOc2cc(C)cc(C)c2)cc1CO. The molecule has 0 aliphatic carbocycles. The number of benzene rings is 2. The number of hydrogen-bond acceptors (Lipinski definition) is 4. The van der Waals surface area contributed by atoms with Crippen LogP contribution in [0.5, 0.6) is 11.5 Å². The number of aryl methyl sites for hydroxylation is 2. The number of ether oxygens (including phenoxy) is 2. The summed E-state index contributed by atoms with van der Waals surface area (Å²) >= 11 is 0. The summed E-state index contributed by atoms with van der Waals surface area (Å²) in [5.74, 6) is 1.65. The van der Waals surface area contributed by atoms with Crippen molar-refractivity contribution in [3.8, 4) is 11.5 Å². The van der Waals surface area contributed by atoms with Crippen molar-refractivity contribution in [3.63, 3.8) is 0 Å². The lowest BCUT2D eigenvalue weighted by atomic mass is 10.1. The van der Waals surface area contributed by atoms with Gasteiger partial charge in [0.05, 0.1) is 13.7 Å². The maximum atomic E-state index is 9.41. The van der Waals surface area contributed by atoms with Gasteiger partial charge in [0.25, 0.3) is 0 Å². The second-order valence-electron chi connectivity index (χ2n) is 6.21. The average Bonchev–Trinajstić information content (AvgIpc) is 2.53. The van der Waals surface area contributed by atoms with E-state index in [0.29, 0.717) is 6.61 Å². The Balaban J connectivity index is 1.86. The minimum Gasteiger partial charge on any atom is -0.496 e. The molecule has 0 saturated carbocycles. The Morgan fingerprint density at radius 1 is 1.04 bits per heavy atom. The molecule has 0 atom stereocenters. The molecule has 0 fully saturated rings. The van der Waals surface area contributed by atoms with E-state index in [1.807, 2.05) is 18.2 Å². The molecule has 0 aliphatic rings. The summed E-state index contributed by atoms with van der Waals surface area (Å²) in [5.41, 5.74) is 4.39. The number of rotatable bonds is 8. The molecule has 1 N–H and O–H groups in total. The maximum Gasteiger partial charge on any atom is 0.124 e. The Morgan fingerprint density at radius 3 is 2.38 bits per heavy atom. The van der Waals surface area contributed by atoms with E-state index in [1.54, 1.807) is 7.11 Å². The standard InChI is InChI=1S/C20H27NO3/c1-15-9-16(2)11-19(10-15)24-8-7-21(3)13-17-5-6-20(23-4)18(12-17)14-22/h5-6,9-12,22H,7-8,13-14H2,1-4H3. The second-order valence-corrected chi connectivity index (χ2v) is 6.21. The first kappa shape index (κ1) is 18.3. The summed E-state index contributed by atoms with van der Waals surface area (Å²) in [4.78, 5) is 2.20. The molecular formula is C20H27NO3. The van der Waals surface area contributed by atoms with Crippen LogP contribution in [0.3, 0.4) is 0 Å². The lowest BCUT2D eigenvalue weighted by molar-refractivity contribution is 0.232. The van der Waals surface area contributed by atoms with Gasteiger partial charge in [-0.3, -0.25) is 4.90 Å². The molecule has 0 spiro atoms. The van der Waals surface area contributed by atoms with Crippen LogP contribution < -0.4 is 9.47 Å². The van der Waals surface area contributed by atoms with Crippen LogP contribution in [-0.2, 0) is 13.2 Å². The number of hydrogen-bond donors (Lipinski definition) is 1. The van der Waals surface area contributed by atoms with Gasteiger partial charge in [0.1, 0.15) is 18.1 Å². The van der Waals surface area contributed by atoms with Crippen LogP contribution in [-0.4, -0.2) is 37.3 Å². The Hall–Kier alpha value is -2.04. The minimum atomic E-state index is -0.0173. The fourth-order valence-corrected chi connectivity index (χ4v) is 2.78. The summed E-state index contributed by atoms with van der Waals surface area (Å²) < 4.78 is 11.1. The Morgan fingerprint density at radius 2 is 1.75 bits per heavy atom. The molecule has 0 amide bonds. The van der Waals surface area contributed by atoms with Gasteiger partial charge in [0.15, 0.2) is 0 Å².